The molecular formula is C23H22BrN5O4. The molecule has 0 aliphatic carbocycles. The topological polar surface area (TPSA) is 103 Å². The maximum atomic E-state index is 13.0. The van der Waals surface area contributed by atoms with Crippen LogP contribution in [0.15, 0.2) is 41.1 Å². The van der Waals surface area contributed by atoms with Gasteiger partial charge in [0.05, 0.1) is 21.3 Å². The molecule has 2 aromatic rings. The summed E-state index contributed by atoms with van der Waals surface area (Å²) in [6.45, 7) is 4.13. The number of aromatic nitrogens is 1. The summed E-state index contributed by atoms with van der Waals surface area (Å²) in [6, 6.07) is 6.34. The van der Waals surface area contributed by atoms with E-state index in [0.29, 0.717) is 17.7 Å². The second kappa shape index (κ2) is 8.68. The molecule has 1 atom stereocenters. The molecule has 1 aromatic heterocycles. The average molecular weight is 512 g/mol. The zero-order valence-corrected chi connectivity index (χ0v) is 19.4. The van der Waals surface area contributed by atoms with E-state index in [0.717, 1.165) is 46.8 Å². The van der Waals surface area contributed by atoms with Gasteiger partial charge in [0, 0.05) is 51.5 Å². The van der Waals surface area contributed by atoms with E-state index in [1.54, 1.807) is 24.5 Å². The minimum Gasteiger partial charge on any atom is -0.368 e. The molecule has 0 bridgehead atoms. The number of imide groups is 2. The maximum Gasteiger partial charge on any atom is 0.262 e. The summed E-state index contributed by atoms with van der Waals surface area (Å²) >= 11 is 3.56. The Bertz CT molecular complexity index is 1160. The number of rotatable bonds is 4. The Morgan fingerprint density at radius 1 is 1.00 bits per heavy atom. The monoisotopic (exact) mass is 511 g/mol. The molecule has 2 fully saturated rings. The third kappa shape index (κ3) is 4.04. The largest absolute Gasteiger partial charge is 0.368 e. The number of nitrogens with one attached hydrogen (secondary N) is 1. The summed E-state index contributed by atoms with van der Waals surface area (Å²) in [7, 11) is 0. The number of hydrogen-bond acceptors (Lipinski definition) is 7. The first-order chi connectivity index (χ1) is 15.9. The van der Waals surface area contributed by atoms with Gasteiger partial charge in [0.1, 0.15) is 6.04 Å². The molecule has 3 aliphatic rings. The Morgan fingerprint density at radius 3 is 2.48 bits per heavy atom. The highest BCUT2D eigenvalue weighted by molar-refractivity contribution is 9.10. The standard InChI is InChI=1S/C23H22BrN5O4/c24-17-12-25-6-5-18(17)28-9-7-27(8-10-28)13-14-1-2-15-16(11-14)23(33)29(22(15)32)19-3-4-20(30)26-21(19)31/h1-2,5-6,11-12,19H,3-4,7-10,13H2,(H,26,30,31). The predicted octanol–water partition coefficient (Wildman–Crippen LogP) is 1.57. The maximum absolute atomic E-state index is 13.0. The van der Waals surface area contributed by atoms with Crippen molar-refractivity contribution >= 4 is 45.2 Å². The molecule has 4 amide bonds. The average Bonchev–Trinajstić information content (AvgIpc) is 3.05. The van der Waals surface area contributed by atoms with Crippen LogP contribution in [-0.4, -0.2) is 70.6 Å². The van der Waals surface area contributed by atoms with Gasteiger partial charge in [-0.05, 0) is 46.1 Å². The van der Waals surface area contributed by atoms with Crippen LogP contribution in [-0.2, 0) is 16.1 Å². The van der Waals surface area contributed by atoms with Crippen molar-refractivity contribution in [3.8, 4) is 0 Å². The molecule has 33 heavy (non-hydrogen) atoms. The van der Waals surface area contributed by atoms with Crippen molar-refractivity contribution in [1.82, 2.24) is 20.1 Å². The van der Waals surface area contributed by atoms with Gasteiger partial charge in [0.2, 0.25) is 11.8 Å². The van der Waals surface area contributed by atoms with Gasteiger partial charge in [-0.2, -0.15) is 0 Å². The molecule has 10 heteroatoms. The second-order valence-electron chi connectivity index (χ2n) is 8.42. The molecule has 0 saturated carbocycles. The van der Waals surface area contributed by atoms with Crippen LogP contribution in [0.4, 0.5) is 5.69 Å². The van der Waals surface area contributed by atoms with Gasteiger partial charge in [-0.25, -0.2) is 0 Å². The number of benzene rings is 1. The lowest BCUT2D eigenvalue weighted by atomic mass is 10.0. The second-order valence-corrected chi connectivity index (χ2v) is 9.27. The van der Waals surface area contributed by atoms with Crippen molar-refractivity contribution < 1.29 is 19.2 Å². The molecule has 170 valence electrons. The van der Waals surface area contributed by atoms with Crippen LogP contribution in [0.25, 0.3) is 0 Å². The smallest absolute Gasteiger partial charge is 0.262 e. The Kier molecular flexibility index (Phi) is 5.71. The van der Waals surface area contributed by atoms with E-state index in [-0.39, 0.29) is 18.7 Å². The van der Waals surface area contributed by atoms with Crippen molar-refractivity contribution in [1.29, 1.82) is 0 Å². The molecule has 4 heterocycles. The number of fused-ring (bicyclic) bond motifs is 1. The number of hydrogen-bond donors (Lipinski definition) is 1. The molecule has 3 aliphatic heterocycles. The number of pyridine rings is 1. The van der Waals surface area contributed by atoms with Crippen molar-refractivity contribution in [3.63, 3.8) is 0 Å². The third-order valence-electron chi connectivity index (χ3n) is 6.37. The summed E-state index contributed by atoms with van der Waals surface area (Å²) in [4.78, 5) is 59.3. The Balaban J connectivity index is 1.26. The van der Waals surface area contributed by atoms with E-state index < -0.39 is 23.8 Å². The lowest BCUT2D eigenvalue weighted by molar-refractivity contribution is -0.136. The Labute approximate surface area is 198 Å². The van der Waals surface area contributed by atoms with Gasteiger partial charge in [0.25, 0.3) is 11.8 Å². The number of piperazine rings is 1. The lowest BCUT2D eigenvalue weighted by Gasteiger charge is -2.36. The van der Waals surface area contributed by atoms with E-state index in [1.165, 1.54) is 0 Å². The summed E-state index contributed by atoms with van der Waals surface area (Å²) in [5.41, 5.74) is 2.70. The molecule has 1 aromatic carbocycles. The van der Waals surface area contributed by atoms with E-state index >= 15 is 0 Å². The Morgan fingerprint density at radius 2 is 1.76 bits per heavy atom. The van der Waals surface area contributed by atoms with E-state index in [1.807, 2.05) is 12.1 Å². The van der Waals surface area contributed by atoms with Gasteiger partial charge >= 0.3 is 0 Å². The van der Waals surface area contributed by atoms with Gasteiger partial charge in [-0.1, -0.05) is 6.07 Å². The van der Waals surface area contributed by atoms with E-state index in [9.17, 15) is 19.2 Å². The molecule has 0 spiro atoms. The fourth-order valence-corrected chi connectivity index (χ4v) is 5.15. The van der Waals surface area contributed by atoms with Crippen LogP contribution in [0, 0.1) is 0 Å². The van der Waals surface area contributed by atoms with Crippen LogP contribution in [0.5, 0.6) is 0 Å². The van der Waals surface area contributed by atoms with Crippen LogP contribution in [0.3, 0.4) is 0 Å². The van der Waals surface area contributed by atoms with Crippen LogP contribution in [0.2, 0.25) is 0 Å². The van der Waals surface area contributed by atoms with Crippen molar-refractivity contribution in [2.24, 2.45) is 0 Å². The summed E-state index contributed by atoms with van der Waals surface area (Å²) in [5, 5.41) is 2.22. The highest BCUT2D eigenvalue weighted by Crippen LogP contribution is 2.29. The first-order valence-electron chi connectivity index (χ1n) is 10.8. The summed E-state index contributed by atoms with van der Waals surface area (Å²) in [6.07, 6.45) is 3.84. The van der Waals surface area contributed by atoms with Crippen molar-refractivity contribution in [3.05, 3.63) is 57.8 Å². The van der Waals surface area contributed by atoms with Crippen LogP contribution >= 0.6 is 15.9 Å². The normalized spacial score (nSPS) is 21.4. The molecular weight excluding hydrogens is 490 g/mol. The zero-order chi connectivity index (χ0) is 23.1. The molecule has 9 nitrogen and oxygen atoms in total. The highest BCUT2D eigenvalue weighted by Gasteiger charge is 2.44. The quantitative estimate of drug-likeness (QED) is 0.621. The zero-order valence-electron chi connectivity index (χ0n) is 17.8. The molecule has 1 N–H and O–H groups in total. The minimum absolute atomic E-state index is 0.108. The Hall–Kier alpha value is -3.11. The van der Waals surface area contributed by atoms with Crippen molar-refractivity contribution in [2.45, 2.75) is 25.4 Å². The van der Waals surface area contributed by atoms with E-state index in [2.05, 4.69) is 36.0 Å². The number of halogens is 1. The SMILES string of the molecule is O=C1CCC(N2C(=O)c3ccc(CN4CCN(c5ccncc5Br)CC4)cc3C2=O)C(=O)N1. The molecule has 0 radical (unpaired) electrons. The van der Waals surface area contributed by atoms with Crippen molar-refractivity contribution in [2.75, 3.05) is 31.1 Å². The first-order valence-corrected chi connectivity index (χ1v) is 11.6. The van der Waals surface area contributed by atoms with Gasteiger partial charge in [0.15, 0.2) is 0 Å². The fourth-order valence-electron chi connectivity index (χ4n) is 4.65. The molecule has 5 rings (SSSR count). The summed E-state index contributed by atoms with van der Waals surface area (Å²) in [5.74, 6) is -1.93. The van der Waals surface area contributed by atoms with Crippen LogP contribution < -0.4 is 10.2 Å². The van der Waals surface area contributed by atoms with Gasteiger partial charge in [-0.3, -0.25) is 39.3 Å². The number of amides is 4. The number of piperidine rings is 1. The number of anilines is 1. The summed E-state index contributed by atoms with van der Waals surface area (Å²) < 4.78 is 0.973. The molecule has 1 unspecified atom stereocenters. The predicted molar refractivity (Wildman–Crippen MR) is 123 cm³/mol. The number of nitrogens with zero attached hydrogens (tertiary/aromatic N) is 4. The minimum atomic E-state index is -0.945. The third-order valence-corrected chi connectivity index (χ3v) is 6.99. The first kappa shape index (κ1) is 21.7. The van der Waals surface area contributed by atoms with Gasteiger partial charge < -0.3 is 4.90 Å². The number of carbonyl (C=O) groups excluding carboxylic acids is 4. The lowest BCUT2D eigenvalue weighted by Crippen LogP contribution is -2.54. The highest BCUT2D eigenvalue weighted by atomic mass is 79.9. The number of carbonyl (C=O) groups is 4. The molecule has 2 saturated heterocycles. The fraction of sp³-hybridized carbons (Fsp3) is 0.348. The van der Waals surface area contributed by atoms with Gasteiger partial charge in [-0.15, -0.1) is 0 Å². The van der Waals surface area contributed by atoms with E-state index in [4.69, 9.17) is 0 Å². The van der Waals surface area contributed by atoms with Crippen LogP contribution in [0.1, 0.15) is 39.1 Å².